The highest BCUT2D eigenvalue weighted by atomic mass is 32.2. The third kappa shape index (κ3) is 7.87. The second kappa shape index (κ2) is 13.8. The molecule has 1 fully saturated rings. The number of hydrogen-bond acceptors (Lipinski definition) is 7. The smallest absolute Gasteiger partial charge is 0.308 e. The molecule has 3 N–H and O–H groups in total. The molecule has 5 rings (SSSR count). The first-order chi connectivity index (χ1) is 21.2. The maximum absolute atomic E-state index is 13.8. The minimum atomic E-state index is -3.30. The lowest BCUT2D eigenvalue weighted by molar-refractivity contribution is 0.102. The van der Waals surface area contributed by atoms with Gasteiger partial charge < -0.3 is 5.32 Å². The van der Waals surface area contributed by atoms with Crippen molar-refractivity contribution in [1.29, 1.82) is 0 Å². The summed E-state index contributed by atoms with van der Waals surface area (Å²) < 4.78 is 25.0. The van der Waals surface area contributed by atoms with E-state index in [1.165, 1.54) is 37.7 Å². The van der Waals surface area contributed by atoms with Crippen molar-refractivity contribution in [3.63, 3.8) is 0 Å². The highest BCUT2D eigenvalue weighted by Gasteiger charge is 2.21. The zero-order valence-electron chi connectivity index (χ0n) is 24.9. The number of benzene rings is 3. The largest absolute Gasteiger partial charge is 0.326 e. The Bertz CT molecular complexity index is 1670. The van der Waals surface area contributed by atoms with E-state index in [4.69, 9.17) is 0 Å². The SMILES string of the molecule is CC(C)S(=O)(=O)Cc1cccc(NC(=O)N(Cc2ccc(C(=O)Nc3nn[nH]n3)cc2)c2ccc(C3CCCCC3)cc2)c1. The van der Waals surface area contributed by atoms with Gasteiger partial charge in [-0.3, -0.25) is 15.0 Å². The Balaban J connectivity index is 1.36. The zero-order valence-corrected chi connectivity index (χ0v) is 25.7. The number of sulfone groups is 1. The van der Waals surface area contributed by atoms with E-state index in [9.17, 15) is 18.0 Å². The standard InChI is InChI=1S/C32H37N7O4S/c1-22(2)44(42,43)21-24-7-6-10-28(19-24)33-32(41)39(29-17-15-26(16-18-29)25-8-4-3-5-9-25)20-23-11-13-27(14-12-23)30(40)34-31-35-37-38-36-31/h6-7,10-19,22,25H,3-5,8-9,20-21H2,1-2H3,(H,33,41)(H2,34,35,36,37,38,40). The lowest BCUT2D eigenvalue weighted by Gasteiger charge is -2.26. The Morgan fingerprint density at radius 3 is 2.32 bits per heavy atom. The maximum Gasteiger partial charge on any atom is 0.326 e. The third-order valence-corrected chi connectivity index (χ3v) is 10.1. The molecular weight excluding hydrogens is 578 g/mol. The van der Waals surface area contributed by atoms with Gasteiger partial charge in [0, 0.05) is 16.9 Å². The molecular formula is C32H37N7O4S. The zero-order chi connectivity index (χ0) is 31.1. The quantitative estimate of drug-likeness (QED) is 0.196. The summed E-state index contributed by atoms with van der Waals surface area (Å²) in [5, 5.41) is 18.2. The number of carbonyl (C=O) groups is 2. The number of carbonyl (C=O) groups excluding carboxylic acids is 2. The van der Waals surface area contributed by atoms with E-state index in [1.54, 1.807) is 67.3 Å². The molecule has 0 atom stereocenters. The number of aromatic amines is 1. The van der Waals surface area contributed by atoms with Crippen molar-refractivity contribution in [2.45, 2.75) is 69.4 Å². The van der Waals surface area contributed by atoms with Crippen LogP contribution in [0.3, 0.4) is 0 Å². The van der Waals surface area contributed by atoms with E-state index in [-0.39, 0.29) is 30.2 Å². The van der Waals surface area contributed by atoms with Gasteiger partial charge in [-0.15, -0.1) is 5.10 Å². The number of urea groups is 1. The number of rotatable bonds is 10. The second-order valence-corrected chi connectivity index (χ2v) is 13.9. The molecule has 0 bridgehead atoms. The summed E-state index contributed by atoms with van der Waals surface area (Å²) in [6.45, 7) is 3.55. The first-order valence-electron chi connectivity index (χ1n) is 14.8. The van der Waals surface area contributed by atoms with Gasteiger partial charge in [0.1, 0.15) is 0 Å². The predicted octanol–water partition coefficient (Wildman–Crippen LogP) is 6.06. The highest BCUT2D eigenvalue weighted by molar-refractivity contribution is 7.91. The molecule has 12 heteroatoms. The molecule has 0 spiro atoms. The molecule has 44 heavy (non-hydrogen) atoms. The topological polar surface area (TPSA) is 150 Å². The van der Waals surface area contributed by atoms with Crippen molar-refractivity contribution >= 4 is 39.1 Å². The minimum absolute atomic E-state index is 0.0736. The highest BCUT2D eigenvalue weighted by Crippen LogP contribution is 2.33. The van der Waals surface area contributed by atoms with E-state index in [0.29, 0.717) is 22.7 Å². The Morgan fingerprint density at radius 1 is 0.932 bits per heavy atom. The lowest BCUT2D eigenvalue weighted by Crippen LogP contribution is -2.34. The fourth-order valence-corrected chi connectivity index (χ4v) is 6.28. The Labute approximate surface area is 257 Å². The number of H-pyrrole nitrogens is 1. The van der Waals surface area contributed by atoms with E-state index in [0.717, 1.165) is 11.3 Å². The molecule has 1 aromatic heterocycles. The van der Waals surface area contributed by atoms with E-state index >= 15 is 0 Å². The third-order valence-electron chi connectivity index (χ3n) is 7.92. The number of aromatic nitrogens is 4. The van der Waals surface area contributed by atoms with Gasteiger partial charge in [0.25, 0.3) is 11.9 Å². The van der Waals surface area contributed by atoms with Gasteiger partial charge in [0.15, 0.2) is 9.84 Å². The van der Waals surface area contributed by atoms with Crippen LogP contribution in [0.2, 0.25) is 0 Å². The van der Waals surface area contributed by atoms with E-state index in [1.807, 2.05) is 12.1 Å². The number of nitrogens with one attached hydrogen (secondary N) is 3. The van der Waals surface area contributed by atoms with Gasteiger partial charge in [0.05, 0.1) is 17.5 Å². The van der Waals surface area contributed by atoms with Gasteiger partial charge in [-0.2, -0.15) is 5.21 Å². The molecule has 230 valence electrons. The van der Waals surface area contributed by atoms with Gasteiger partial charge in [0.2, 0.25) is 0 Å². The fraction of sp³-hybridized carbons (Fsp3) is 0.344. The molecule has 0 unspecified atom stereocenters. The van der Waals surface area contributed by atoms with Crippen LogP contribution in [0.15, 0.2) is 72.8 Å². The van der Waals surface area contributed by atoms with E-state index < -0.39 is 15.1 Å². The summed E-state index contributed by atoms with van der Waals surface area (Å²) in [5.74, 6) is 0.124. The van der Waals surface area contributed by atoms with Crippen molar-refractivity contribution in [2.75, 3.05) is 15.5 Å². The van der Waals surface area contributed by atoms with Crippen LogP contribution in [0, 0.1) is 0 Å². The van der Waals surface area contributed by atoms with Crippen LogP contribution in [0.25, 0.3) is 0 Å². The van der Waals surface area contributed by atoms with Crippen LogP contribution in [0.4, 0.5) is 22.1 Å². The molecule has 3 amide bonds. The van der Waals surface area contributed by atoms with Crippen molar-refractivity contribution in [2.24, 2.45) is 0 Å². The first kappa shape index (κ1) is 30.9. The minimum Gasteiger partial charge on any atom is -0.308 e. The number of amides is 3. The summed E-state index contributed by atoms with van der Waals surface area (Å²) in [4.78, 5) is 28.0. The molecule has 1 aliphatic rings. The molecule has 0 aliphatic heterocycles. The Hall–Kier alpha value is -4.58. The lowest BCUT2D eigenvalue weighted by atomic mass is 9.84. The van der Waals surface area contributed by atoms with Gasteiger partial charge in [-0.05, 0) is 90.9 Å². The summed E-state index contributed by atoms with van der Waals surface area (Å²) in [6.07, 6.45) is 6.12. The predicted molar refractivity (Wildman–Crippen MR) is 170 cm³/mol. The van der Waals surface area contributed by atoms with Crippen LogP contribution >= 0.6 is 0 Å². The van der Waals surface area contributed by atoms with Crippen LogP contribution in [-0.2, 0) is 22.1 Å². The molecule has 1 saturated carbocycles. The summed E-state index contributed by atoms with van der Waals surface area (Å²) in [6, 6.07) is 21.6. The number of anilines is 3. The summed E-state index contributed by atoms with van der Waals surface area (Å²) >= 11 is 0. The molecule has 4 aromatic rings. The number of hydrogen-bond donors (Lipinski definition) is 3. The molecule has 0 saturated heterocycles. The summed E-state index contributed by atoms with van der Waals surface area (Å²) in [7, 11) is -3.30. The van der Waals surface area contributed by atoms with Crippen molar-refractivity contribution in [3.8, 4) is 0 Å². The van der Waals surface area contributed by atoms with Gasteiger partial charge >= 0.3 is 6.03 Å². The Morgan fingerprint density at radius 2 is 1.66 bits per heavy atom. The van der Waals surface area contributed by atoms with Crippen LogP contribution in [-0.4, -0.2) is 46.2 Å². The molecule has 3 aromatic carbocycles. The van der Waals surface area contributed by atoms with Crippen molar-refractivity contribution in [1.82, 2.24) is 20.6 Å². The maximum atomic E-state index is 13.8. The fourth-order valence-electron chi connectivity index (χ4n) is 5.30. The molecule has 0 radical (unpaired) electrons. The van der Waals surface area contributed by atoms with Gasteiger partial charge in [-0.1, -0.05) is 60.8 Å². The Kier molecular flexibility index (Phi) is 9.69. The average molecular weight is 616 g/mol. The second-order valence-electron chi connectivity index (χ2n) is 11.4. The van der Waals surface area contributed by atoms with Crippen LogP contribution in [0.5, 0.6) is 0 Å². The van der Waals surface area contributed by atoms with Crippen LogP contribution < -0.4 is 15.5 Å². The molecule has 1 aliphatic carbocycles. The molecule has 1 heterocycles. The average Bonchev–Trinajstić information content (AvgIpc) is 3.53. The normalized spacial score (nSPS) is 13.9. The molecule has 11 nitrogen and oxygen atoms in total. The monoisotopic (exact) mass is 615 g/mol. The van der Waals surface area contributed by atoms with E-state index in [2.05, 4.69) is 43.4 Å². The number of nitrogens with zero attached hydrogens (tertiary/aromatic N) is 4. The first-order valence-corrected chi connectivity index (χ1v) is 16.5. The summed E-state index contributed by atoms with van der Waals surface area (Å²) in [5.41, 5.74) is 4.33. The number of tetrazole rings is 1. The van der Waals surface area contributed by atoms with Crippen molar-refractivity contribution in [3.05, 3.63) is 95.1 Å². The van der Waals surface area contributed by atoms with Crippen molar-refractivity contribution < 1.29 is 18.0 Å². The van der Waals surface area contributed by atoms with Crippen LogP contribution in [0.1, 0.15) is 78.9 Å². The van der Waals surface area contributed by atoms with Gasteiger partial charge in [-0.25, -0.2) is 13.2 Å².